The van der Waals surface area contributed by atoms with Crippen molar-refractivity contribution in [1.82, 2.24) is 15.2 Å². The number of hydrogen-bond donors (Lipinski definition) is 2. The molecule has 0 radical (unpaired) electrons. The third-order valence-electron chi connectivity index (χ3n) is 4.09. The highest BCUT2D eigenvalue weighted by Crippen LogP contribution is 2.23. The maximum Gasteiger partial charge on any atom is 0.244 e. The lowest BCUT2D eigenvalue weighted by atomic mass is 9.97. The summed E-state index contributed by atoms with van der Waals surface area (Å²) in [6.07, 6.45) is 4.54. The first-order valence-corrected chi connectivity index (χ1v) is 7.15. The van der Waals surface area contributed by atoms with Crippen LogP contribution in [0.2, 0.25) is 0 Å². The van der Waals surface area contributed by atoms with Crippen molar-refractivity contribution in [3.05, 3.63) is 5.82 Å². The van der Waals surface area contributed by atoms with Crippen LogP contribution in [0.1, 0.15) is 51.3 Å². The lowest BCUT2D eigenvalue weighted by Gasteiger charge is -2.30. The van der Waals surface area contributed by atoms with Gasteiger partial charge in [0.25, 0.3) is 0 Å². The molecule has 3 N–H and O–H groups in total. The second-order valence-electron chi connectivity index (χ2n) is 5.20. The van der Waals surface area contributed by atoms with Crippen LogP contribution in [-0.4, -0.2) is 34.8 Å². The first-order valence-electron chi connectivity index (χ1n) is 7.15. The number of nitrogens with one attached hydrogen (secondary N) is 1. The molecule has 0 atom stereocenters. The van der Waals surface area contributed by atoms with Gasteiger partial charge in [-0.05, 0) is 38.1 Å². The van der Waals surface area contributed by atoms with Gasteiger partial charge in [0.2, 0.25) is 5.95 Å². The van der Waals surface area contributed by atoms with Gasteiger partial charge in [0.05, 0.1) is 0 Å². The molecule has 0 saturated carbocycles. The summed E-state index contributed by atoms with van der Waals surface area (Å²) in [5.74, 6) is 3.09. The van der Waals surface area contributed by atoms with Gasteiger partial charge in [-0.2, -0.15) is 4.98 Å². The van der Waals surface area contributed by atoms with Crippen LogP contribution < -0.4 is 10.6 Å². The second-order valence-corrected chi connectivity index (χ2v) is 5.20. The summed E-state index contributed by atoms with van der Waals surface area (Å²) in [6.45, 7) is 7.26. The minimum absolute atomic E-state index is 0.507. The molecule has 1 aromatic heterocycles. The number of nitrogens with two attached hydrogens (primary N) is 1. The summed E-state index contributed by atoms with van der Waals surface area (Å²) in [6, 6.07) is 0. The van der Waals surface area contributed by atoms with Gasteiger partial charge in [-0.15, -0.1) is 5.10 Å². The minimum atomic E-state index is 0.507. The van der Waals surface area contributed by atoms with Crippen LogP contribution in [0.5, 0.6) is 0 Å². The third kappa shape index (κ3) is 2.83. The number of rotatable bonds is 5. The molecule has 1 saturated heterocycles. The number of nitrogens with zero attached hydrogens (tertiary/aromatic N) is 3. The summed E-state index contributed by atoms with van der Waals surface area (Å²) in [5, 5.41) is 7.47. The lowest BCUT2D eigenvalue weighted by Crippen LogP contribution is -2.36. The van der Waals surface area contributed by atoms with Gasteiger partial charge in [0.1, 0.15) is 5.82 Å². The van der Waals surface area contributed by atoms with Gasteiger partial charge in [-0.1, -0.05) is 13.8 Å². The van der Waals surface area contributed by atoms with Crippen molar-refractivity contribution in [1.29, 1.82) is 0 Å². The topological polar surface area (TPSA) is 70.8 Å². The Balaban J connectivity index is 1.98. The average molecular weight is 251 g/mol. The predicted octanol–water partition coefficient (Wildman–Crippen LogP) is 1.88. The van der Waals surface area contributed by atoms with Gasteiger partial charge in [0.15, 0.2) is 0 Å². The van der Waals surface area contributed by atoms with E-state index in [2.05, 4.69) is 33.9 Å². The number of aromatic amines is 1. The Hall–Kier alpha value is -1.10. The number of piperidine rings is 1. The summed E-state index contributed by atoms with van der Waals surface area (Å²) >= 11 is 0. The van der Waals surface area contributed by atoms with Gasteiger partial charge in [-0.25, -0.2) is 0 Å². The number of anilines is 1. The Labute approximate surface area is 109 Å². The molecule has 102 valence electrons. The van der Waals surface area contributed by atoms with Crippen molar-refractivity contribution < 1.29 is 0 Å². The zero-order valence-electron chi connectivity index (χ0n) is 11.5. The fourth-order valence-electron chi connectivity index (χ4n) is 2.63. The van der Waals surface area contributed by atoms with Crippen molar-refractivity contribution in [2.24, 2.45) is 11.7 Å². The molecule has 0 spiro atoms. The zero-order valence-corrected chi connectivity index (χ0v) is 11.5. The average Bonchev–Trinajstić information content (AvgIpc) is 2.90. The lowest BCUT2D eigenvalue weighted by molar-refractivity contribution is 0.411. The quantitative estimate of drug-likeness (QED) is 0.838. The summed E-state index contributed by atoms with van der Waals surface area (Å²) in [7, 11) is 0. The highest BCUT2D eigenvalue weighted by atomic mass is 15.4. The third-order valence-corrected chi connectivity index (χ3v) is 4.09. The summed E-state index contributed by atoms with van der Waals surface area (Å²) < 4.78 is 0. The first kappa shape index (κ1) is 13.3. The molecule has 0 bridgehead atoms. The van der Waals surface area contributed by atoms with Gasteiger partial charge < -0.3 is 10.6 Å². The second kappa shape index (κ2) is 6.18. The van der Waals surface area contributed by atoms with E-state index in [0.29, 0.717) is 11.8 Å². The predicted molar refractivity (Wildman–Crippen MR) is 73.7 cm³/mol. The highest BCUT2D eigenvalue weighted by Gasteiger charge is 2.22. The van der Waals surface area contributed by atoms with Crippen LogP contribution in [0.4, 0.5) is 5.95 Å². The molecule has 1 aromatic rings. The summed E-state index contributed by atoms with van der Waals surface area (Å²) in [4.78, 5) is 6.93. The molecule has 0 aromatic carbocycles. The van der Waals surface area contributed by atoms with E-state index in [1.807, 2.05) is 0 Å². The standard InChI is InChI=1S/C13H25N5/c1-3-11(4-2)12-15-13(17-16-12)18-7-5-10(9-14)6-8-18/h10-11H,3-9,14H2,1-2H3,(H,15,16,17). The van der Waals surface area contributed by atoms with Crippen molar-refractivity contribution in [2.75, 3.05) is 24.5 Å². The smallest absolute Gasteiger partial charge is 0.244 e. The maximum atomic E-state index is 5.71. The summed E-state index contributed by atoms with van der Waals surface area (Å²) in [5.41, 5.74) is 5.71. The molecule has 2 heterocycles. The van der Waals surface area contributed by atoms with E-state index in [0.717, 1.165) is 57.1 Å². The van der Waals surface area contributed by atoms with E-state index < -0.39 is 0 Å². The molecule has 18 heavy (non-hydrogen) atoms. The monoisotopic (exact) mass is 251 g/mol. The van der Waals surface area contributed by atoms with Crippen molar-refractivity contribution in [3.63, 3.8) is 0 Å². The molecule has 5 nitrogen and oxygen atoms in total. The molecule has 1 aliphatic rings. The van der Waals surface area contributed by atoms with E-state index in [9.17, 15) is 0 Å². The van der Waals surface area contributed by atoms with Crippen LogP contribution in [0.25, 0.3) is 0 Å². The Morgan fingerprint density at radius 1 is 1.33 bits per heavy atom. The fourth-order valence-corrected chi connectivity index (χ4v) is 2.63. The largest absolute Gasteiger partial charge is 0.340 e. The zero-order chi connectivity index (χ0) is 13.0. The molecule has 2 rings (SSSR count). The number of H-pyrrole nitrogens is 1. The molecule has 0 aliphatic carbocycles. The molecular weight excluding hydrogens is 226 g/mol. The molecule has 1 fully saturated rings. The molecule has 0 unspecified atom stereocenters. The van der Waals surface area contributed by atoms with Gasteiger partial charge >= 0.3 is 0 Å². The van der Waals surface area contributed by atoms with Crippen molar-refractivity contribution in [2.45, 2.75) is 45.4 Å². The van der Waals surface area contributed by atoms with E-state index in [4.69, 9.17) is 5.73 Å². The molecule has 1 aliphatic heterocycles. The minimum Gasteiger partial charge on any atom is -0.340 e. The highest BCUT2D eigenvalue weighted by molar-refractivity contribution is 5.29. The Bertz CT molecular complexity index is 350. The van der Waals surface area contributed by atoms with E-state index in [1.165, 1.54) is 0 Å². The number of aromatic nitrogens is 3. The van der Waals surface area contributed by atoms with E-state index >= 15 is 0 Å². The van der Waals surface area contributed by atoms with Crippen LogP contribution in [0.15, 0.2) is 0 Å². The molecular formula is C13H25N5. The first-order chi connectivity index (χ1) is 8.78. The number of hydrogen-bond acceptors (Lipinski definition) is 4. The van der Waals surface area contributed by atoms with Crippen LogP contribution in [-0.2, 0) is 0 Å². The fraction of sp³-hybridized carbons (Fsp3) is 0.846. The van der Waals surface area contributed by atoms with Crippen LogP contribution in [0.3, 0.4) is 0 Å². The Morgan fingerprint density at radius 2 is 2.00 bits per heavy atom. The normalized spacial score (nSPS) is 17.7. The van der Waals surface area contributed by atoms with Gasteiger partial charge in [0, 0.05) is 19.0 Å². The van der Waals surface area contributed by atoms with E-state index in [1.54, 1.807) is 0 Å². The van der Waals surface area contributed by atoms with Crippen molar-refractivity contribution in [3.8, 4) is 0 Å². The van der Waals surface area contributed by atoms with Gasteiger partial charge in [-0.3, -0.25) is 5.10 Å². The maximum absolute atomic E-state index is 5.71. The Kier molecular flexibility index (Phi) is 4.58. The Morgan fingerprint density at radius 3 is 2.56 bits per heavy atom. The SMILES string of the molecule is CCC(CC)c1nc(N2CCC(CN)CC2)n[nH]1. The van der Waals surface area contributed by atoms with Crippen molar-refractivity contribution >= 4 is 5.95 Å². The van der Waals surface area contributed by atoms with E-state index in [-0.39, 0.29) is 0 Å². The van der Waals surface area contributed by atoms with Crippen LogP contribution in [0, 0.1) is 5.92 Å². The molecule has 0 amide bonds. The van der Waals surface area contributed by atoms with Crippen LogP contribution >= 0.6 is 0 Å². The molecule has 5 heteroatoms.